The number of hydrogen-bond donors (Lipinski definition) is 0. The van der Waals surface area contributed by atoms with E-state index in [9.17, 15) is 4.79 Å². The summed E-state index contributed by atoms with van der Waals surface area (Å²) in [6, 6.07) is 0. The Kier molecular flexibility index (Phi) is 4.05. The lowest BCUT2D eigenvalue weighted by Crippen LogP contribution is -2.35. The quantitative estimate of drug-likeness (QED) is 0.512. The minimum absolute atomic E-state index is 0.0409. The molecule has 0 radical (unpaired) electrons. The van der Waals surface area contributed by atoms with Crippen molar-refractivity contribution in [2.45, 2.75) is 57.9 Å². The summed E-state index contributed by atoms with van der Waals surface area (Å²) in [5.41, 5.74) is -0.380. The first kappa shape index (κ1) is 12.8. The first-order chi connectivity index (χ1) is 6.79. The lowest BCUT2D eigenvalue weighted by molar-refractivity contribution is -0.162. The Bertz CT molecular complexity index is 232. The van der Waals surface area contributed by atoms with E-state index >= 15 is 0 Å². The number of alkyl halides is 1. The molecule has 2 nitrogen and oxygen atoms in total. The minimum atomic E-state index is -0.380. The lowest BCUT2D eigenvalue weighted by Gasteiger charge is -2.32. The summed E-state index contributed by atoms with van der Waals surface area (Å²) in [4.78, 5) is 11.9. The van der Waals surface area contributed by atoms with Crippen LogP contribution in [-0.4, -0.2) is 16.9 Å². The Morgan fingerprint density at radius 3 is 2.40 bits per heavy atom. The zero-order chi connectivity index (χ0) is 11.6. The highest BCUT2D eigenvalue weighted by atomic mass is 35.5. The van der Waals surface area contributed by atoms with Gasteiger partial charge in [-0.2, -0.15) is 0 Å². The van der Waals surface area contributed by atoms with Crippen LogP contribution in [0.1, 0.15) is 47.0 Å². The first-order valence-electron chi connectivity index (χ1n) is 5.66. The molecule has 0 aromatic carbocycles. The van der Waals surface area contributed by atoms with Crippen LogP contribution in [0.25, 0.3) is 0 Å². The lowest BCUT2D eigenvalue weighted by atomic mass is 9.80. The van der Waals surface area contributed by atoms with Crippen LogP contribution in [0, 0.1) is 11.8 Å². The van der Waals surface area contributed by atoms with E-state index in [-0.39, 0.29) is 22.9 Å². The molecule has 0 heterocycles. The average Bonchev–Trinajstić information content (AvgIpc) is 1.99. The second-order valence-electron chi connectivity index (χ2n) is 5.53. The molecular formula is C12H21ClO2. The van der Waals surface area contributed by atoms with Gasteiger partial charge < -0.3 is 4.74 Å². The van der Waals surface area contributed by atoms with Gasteiger partial charge in [-0.3, -0.25) is 4.79 Å². The molecule has 0 aromatic rings. The molecule has 15 heavy (non-hydrogen) atoms. The van der Waals surface area contributed by atoms with Gasteiger partial charge in [-0.05, 0) is 46.0 Å². The molecule has 0 bridgehead atoms. The molecular weight excluding hydrogens is 212 g/mol. The molecule has 1 fully saturated rings. The highest BCUT2D eigenvalue weighted by Crippen LogP contribution is 2.34. The molecule has 0 aliphatic heterocycles. The van der Waals surface area contributed by atoms with Gasteiger partial charge in [0.2, 0.25) is 0 Å². The fraction of sp³-hybridized carbons (Fsp3) is 0.917. The molecule has 0 saturated heterocycles. The highest BCUT2D eigenvalue weighted by Gasteiger charge is 2.34. The third-order valence-corrected chi connectivity index (χ3v) is 3.21. The van der Waals surface area contributed by atoms with Crippen LogP contribution in [0.5, 0.6) is 0 Å². The van der Waals surface area contributed by atoms with Gasteiger partial charge in [-0.15, -0.1) is 11.6 Å². The van der Waals surface area contributed by atoms with E-state index in [0.29, 0.717) is 5.92 Å². The molecule has 0 spiro atoms. The van der Waals surface area contributed by atoms with E-state index in [1.807, 2.05) is 20.8 Å². The molecule has 0 aromatic heterocycles. The SMILES string of the molecule is C[C@@H]1C[C@@H](Cl)CC[C@@H]1C(=O)OC(C)(C)C. The van der Waals surface area contributed by atoms with E-state index in [4.69, 9.17) is 16.3 Å². The molecule has 3 heteroatoms. The van der Waals surface area contributed by atoms with E-state index < -0.39 is 0 Å². The van der Waals surface area contributed by atoms with Crippen molar-refractivity contribution in [1.82, 2.24) is 0 Å². The van der Waals surface area contributed by atoms with Gasteiger partial charge >= 0.3 is 5.97 Å². The highest BCUT2D eigenvalue weighted by molar-refractivity contribution is 6.20. The van der Waals surface area contributed by atoms with Crippen molar-refractivity contribution in [2.24, 2.45) is 11.8 Å². The maximum absolute atomic E-state index is 11.9. The maximum Gasteiger partial charge on any atom is 0.309 e. The summed E-state index contributed by atoms with van der Waals surface area (Å²) in [6.45, 7) is 7.80. The predicted octanol–water partition coefficient (Wildman–Crippen LogP) is 3.37. The normalized spacial score (nSPS) is 32.5. The van der Waals surface area contributed by atoms with Gasteiger partial charge in [0.15, 0.2) is 0 Å². The molecule has 1 saturated carbocycles. The second-order valence-corrected chi connectivity index (χ2v) is 6.14. The first-order valence-corrected chi connectivity index (χ1v) is 6.10. The molecule has 1 aliphatic rings. The van der Waals surface area contributed by atoms with E-state index in [2.05, 4.69) is 6.92 Å². The maximum atomic E-state index is 11.9. The van der Waals surface area contributed by atoms with E-state index in [1.54, 1.807) is 0 Å². The Morgan fingerprint density at radius 1 is 1.33 bits per heavy atom. The van der Waals surface area contributed by atoms with Crippen LogP contribution in [-0.2, 0) is 9.53 Å². The molecule has 1 aliphatic carbocycles. The number of ether oxygens (including phenoxy) is 1. The number of hydrogen-bond acceptors (Lipinski definition) is 2. The topological polar surface area (TPSA) is 26.3 Å². The largest absolute Gasteiger partial charge is 0.460 e. The number of esters is 1. The molecule has 1 rings (SSSR count). The number of halogens is 1. The predicted molar refractivity (Wildman–Crippen MR) is 62.0 cm³/mol. The Morgan fingerprint density at radius 2 is 1.93 bits per heavy atom. The fourth-order valence-corrected chi connectivity index (χ4v) is 2.47. The van der Waals surface area contributed by atoms with Crippen LogP contribution in [0.3, 0.4) is 0 Å². The van der Waals surface area contributed by atoms with Crippen LogP contribution >= 0.6 is 11.6 Å². The van der Waals surface area contributed by atoms with Crippen LogP contribution in [0.4, 0.5) is 0 Å². The average molecular weight is 233 g/mol. The summed E-state index contributed by atoms with van der Waals surface area (Å²) >= 11 is 6.06. The van der Waals surface area contributed by atoms with Crippen molar-refractivity contribution >= 4 is 17.6 Å². The van der Waals surface area contributed by atoms with Gasteiger partial charge in [0.05, 0.1) is 5.92 Å². The molecule has 88 valence electrons. The minimum Gasteiger partial charge on any atom is -0.460 e. The molecule has 0 unspecified atom stereocenters. The zero-order valence-electron chi connectivity index (χ0n) is 10.0. The van der Waals surface area contributed by atoms with Gasteiger partial charge in [-0.1, -0.05) is 6.92 Å². The number of carbonyl (C=O) groups excluding carboxylic acids is 1. The number of rotatable bonds is 1. The van der Waals surface area contributed by atoms with Crippen LogP contribution in [0.2, 0.25) is 0 Å². The summed E-state index contributed by atoms with van der Waals surface area (Å²) in [5, 5.41) is 0.235. The Hall–Kier alpha value is -0.240. The van der Waals surface area contributed by atoms with Crippen molar-refractivity contribution in [1.29, 1.82) is 0 Å². The van der Waals surface area contributed by atoms with Gasteiger partial charge in [0.1, 0.15) is 5.60 Å². The smallest absolute Gasteiger partial charge is 0.309 e. The molecule has 3 atom stereocenters. The van der Waals surface area contributed by atoms with Crippen LogP contribution < -0.4 is 0 Å². The van der Waals surface area contributed by atoms with Gasteiger partial charge in [-0.25, -0.2) is 0 Å². The fourth-order valence-electron chi connectivity index (χ4n) is 2.06. The van der Waals surface area contributed by atoms with Crippen molar-refractivity contribution < 1.29 is 9.53 Å². The second kappa shape index (κ2) is 4.73. The van der Waals surface area contributed by atoms with Crippen LogP contribution in [0.15, 0.2) is 0 Å². The molecule has 0 amide bonds. The number of carbonyl (C=O) groups is 1. The third-order valence-electron chi connectivity index (χ3n) is 2.81. The van der Waals surface area contributed by atoms with Crippen molar-refractivity contribution in [3.8, 4) is 0 Å². The van der Waals surface area contributed by atoms with E-state index in [1.165, 1.54) is 0 Å². The monoisotopic (exact) mass is 232 g/mol. The van der Waals surface area contributed by atoms with Crippen molar-refractivity contribution in [2.75, 3.05) is 0 Å². The summed E-state index contributed by atoms with van der Waals surface area (Å²) in [7, 11) is 0. The standard InChI is InChI=1S/C12H21ClO2/c1-8-7-9(13)5-6-10(8)11(14)15-12(2,3)4/h8-10H,5-7H2,1-4H3/t8-,9+,10+/m1/s1. The Labute approximate surface area is 97.3 Å². The van der Waals surface area contributed by atoms with Gasteiger partial charge in [0.25, 0.3) is 0 Å². The van der Waals surface area contributed by atoms with Gasteiger partial charge in [0, 0.05) is 5.38 Å². The zero-order valence-corrected chi connectivity index (χ0v) is 10.8. The third kappa shape index (κ3) is 4.02. The summed E-state index contributed by atoms with van der Waals surface area (Å²) < 4.78 is 5.40. The molecule has 0 N–H and O–H groups in total. The van der Waals surface area contributed by atoms with Crippen molar-refractivity contribution in [3.05, 3.63) is 0 Å². The Balaban J connectivity index is 2.53. The van der Waals surface area contributed by atoms with E-state index in [0.717, 1.165) is 19.3 Å². The summed E-state index contributed by atoms with van der Waals surface area (Å²) in [6.07, 6.45) is 2.71. The summed E-state index contributed by atoms with van der Waals surface area (Å²) in [5.74, 6) is 0.328. The van der Waals surface area contributed by atoms with Crippen molar-refractivity contribution in [3.63, 3.8) is 0 Å².